The van der Waals surface area contributed by atoms with Crippen LogP contribution in [0.3, 0.4) is 0 Å². The maximum absolute atomic E-state index is 12.0. The number of likely N-dealkylation sites (N-methyl/N-ethyl adjacent to an activating group) is 1. The maximum Gasteiger partial charge on any atom is 0.328 e. The van der Waals surface area contributed by atoms with Gasteiger partial charge in [0.05, 0.1) is 10.9 Å². The van der Waals surface area contributed by atoms with E-state index in [4.69, 9.17) is 0 Å². The number of nitrogens with zero attached hydrogens (tertiary/aromatic N) is 1. The minimum Gasteiger partial charge on any atom is -0.506 e. The number of rotatable bonds is 3. The van der Waals surface area contributed by atoms with Crippen molar-refractivity contribution in [1.29, 1.82) is 0 Å². The van der Waals surface area contributed by atoms with E-state index < -0.39 is 11.2 Å². The lowest BCUT2D eigenvalue weighted by Crippen LogP contribution is -2.37. The molecular formula is C11H13N3O3. The predicted octanol–water partition coefficient (Wildman–Crippen LogP) is -0.385. The van der Waals surface area contributed by atoms with Gasteiger partial charge in [-0.05, 0) is 19.2 Å². The maximum atomic E-state index is 12.0. The Morgan fingerprint density at radius 2 is 2.18 bits per heavy atom. The Morgan fingerprint density at radius 3 is 2.88 bits per heavy atom. The molecule has 0 saturated heterocycles. The highest BCUT2D eigenvalue weighted by atomic mass is 16.3. The van der Waals surface area contributed by atoms with Crippen LogP contribution < -0.4 is 16.6 Å². The molecule has 3 N–H and O–H groups in total. The number of fused-ring (bicyclic) bond motifs is 1. The molecule has 0 saturated carbocycles. The average Bonchev–Trinajstić information content (AvgIpc) is 2.31. The summed E-state index contributed by atoms with van der Waals surface area (Å²) in [5.74, 6) is -0.0996. The third kappa shape index (κ3) is 1.94. The summed E-state index contributed by atoms with van der Waals surface area (Å²) < 4.78 is 1.11. The van der Waals surface area contributed by atoms with E-state index in [1.54, 1.807) is 19.2 Å². The number of aromatic nitrogens is 2. The molecule has 1 heterocycles. The standard InChI is InChI=1S/C11H13N3O3/c1-12-5-6-14-10(16)7-3-2-4-8(15)9(7)13-11(14)17/h2-4,12,15H,5-6H2,1H3,(H,13,17). The van der Waals surface area contributed by atoms with Crippen LogP contribution in [0.15, 0.2) is 27.8 Å². The Hall–Kier alpha value is -2.08. The molecule has 6 heteroatoms. The molecular weight excluding hydrogens is 222 g/mol. The molecule has 2 aromatic rings. The van der Waals surface area contributed by atoms with Gasteiger partial charge in [-0.25, -0.2) is 4.79 Å². The van der Waals surface area contributed by atoms with E-state index in [1.807, 2.05) is 0 Å². The number of para-hydroxylation sites is 1. The van der Waals surface area contributed by atoms with Gasteiger partial charge in [-0.3, -0.25) is 9.36 Å². The van der Waals surface area contributed by atoms with E-state index in [2.05, 4.69) is 10.3 Å². The summed E-state index contributed by atoms with van der Waals surface area (Å²) in [7, 11) is 1.74. The van der Waals surface area contributed by atoms with E-state index in [0.29, 0.717) is 11.9 Å². The molecule has 0 amide bonds. The van der Waals surface area contributed by atoms with Crippen molar-refractivity contribution < 1.29 is 5.11 Å². The third-order valence-electron chi connectivity index (χ3n) is 2.58. The predicted molar refractivity (Wildman–Crippen MR) is 64.4 cm³/mol. The SMILES string of the molecule is CNCCn1c(=O)[nH]c2c(O)cccc2c1=O. The van der Waals surface area contributed by atoms with Crippen LogP contribution in [0.25, 0.3) is 10.9 Å². The van der Waals surface area contributed by atoms with E-state index in [0.717, 1.165) is 4.57 Å². The number of phenols is 1. The highest BCUT2D eigenvalue weighted by molar-refractivity contribution is 5.82. The van der Waals surface area contributed by atoms with Crippen molar-refractivity contribution in [1.82, 2.24) is 14.9 Å². The molecule has 90 valence electrons. The number of phenolic OH excluding ortho intramolecular Hbond substituents is 1. The van der Waals surface area contributed by atoms with E-state index in [-0.39, 0.29) is 17.8 Å². The van der Waals surface area contributed by atoms with Crippen LogP contribution in [0.5, 0.6) is 5.75 Å². The molecule has 6 nitrogen and oxygen atoms in total. The molecule has 1 aromatic heterocycles. The quantitative estimate of drug-likeness (QED) is 0.676. The van der Waals surface area contributed by atoms with Crippen molar-refractivity contribution in [2.45, 2.75) is 6.54 Å². The molecule has 17 heavy (non-hydrogen) atoms. The first kappa shape index (κ1) is 11.4. The summed E-state index contributed by atoms with van der Waals surface area (Å²) in [4.78, 5) is 26.2. The van der Waals surface area contributed by atoms with E-state index in [9.17, 15) is 14.7 Å². The normalized spacial score (nSPS) is 10.9. The van der Waals surface area contributed by atoms with Crippen LogP contribution in [-0.2, 0) is 6.54 Å². The summed E-state index contributed by atoms with van der Waals surface area (Å²) in [6.45, 7) is 0.809. The van der Waals surface area contributed by atoms with Gasteiger partial charge < -0.3 is 15.4 Å². The second-order valence-corrected chi connectivity index (χ2v) is 3.69. The van der Waals surface area contributed by atoms with Crippen molar-refractivity contribution in [3.8, 4) is 5.75 Å². The van der Waals surface area contributed by atoms with Gasteiger partial charge in [0.15, 0.2) is 0 Å². The second-order valence-electron chi connectivity index (χ2n) is 3.69. The fourth-order valence-electron chi connectivity index (χ4n) is 1.69. The smallest absolute Gasteiger partial charge is 0.328 e. The number of H-pyrrole nitrogens is 1. The Bertz CT molecular complexity index is 657. The zero-order valence-electron chi connectivity index (χ0n) is 9.36. The number of aromatic hydroxyl groups is 1. The fraction of sp³-hybridized carbons (Fsp3) is 0.273. The number of benzene rings is 1. The summed E-state index contributed by atoms with van der Waals surface area (Å²) >= 11 is 0. The number of hydrogen-bond donors (Lipinski definition) is 3. The Labute approximate surface area is 96.5 Å². The van der Waals surface area contributed by atoms with Gasteiger partial charge in [0, 0.05) is 13.1 Å². The average molecular weight is 235 g/mol. The number of nitrogens with one attached hydrogen (secondary N) is 2. The molecule has 0 radical (unpaired) electrons. The lowest BCUT2D eigenvalue weighted by molar-refractivity contribution is 0.479. The van der Waals surface area contributed by atoms with Crippen molar-refractivity contribution >= 4 is 10.9 Å². The van der Waals surface area contributed by atoms with Gasteiger partial charge in [-0.1, -0.05) is 6.07 Å². The molecule has 0 aliphatic carbocycles. The first-order valence-electron chi connectivity index (χ1n) is 5.24. The largest absolute Gasteiger partial charge is 0.506 e. The molecule has 0 bridgehead atoms. The van der Waals surface area contributed by atoms with Gasteiger partial charge in [0.1, 0.15) is 5.75 Å². The molecule has 0 aliphatic rings. The first-order valence-corrected chi connectivity index (χ1v) is 5.24. The lowest BCUT2D eigenvalue weighted by Gasteiger charge is -2.06. The third-order valence-corrected chi connectivity index (χ3v) is 2.58. The summed E-state index contributed by atoms with van der Waals surface area (Å²) in [6, 6.07) is 4.57. The van der Waals surface area contributed by atoms with Gasteiger partial charge in [0.2, 0.25) is 0 Å². The minimum atomic E-state index is -0.515. The lowest BCUT2D eigenvalue weighted by atomic mass is 10.2. The molecule has 1 aromatic carbocycles. The van der Waals surface area contributed by atoms with Gasteiger partial charge in [-0.15, -0.1) is 0 Å². The topological polar surface area (TPSA) is 87.1 Å². The second kappa shape index (κ2) is 4.42. The van der Waals surface area contributed by atoms with Crippen LogP contribution in [-0.4, -0.2) is 28.3 Å². The molecule has 0 aliphatic heterocycles. The van der Waals surface area contributed by atoms with Crippen LogP contribution in [0, 0.1) is 0 Å². The fourth-order valence-corrected chi connectivity index (χ4v) is 1.69. The molecule has 0 atom stereocenters. The van der Waals surface area contributed by atoms with Crippen molar-refractivity contribution in [2.24, 2.45) is 0 Å². The molecule has 2 rings (SSSR count). The van der Waals surface area contributed by atoms with Crippen molar-refractivity contribution in [3.63, 3.8) is 0 Å². The molecule has 0 unspecified atom stereocenters. The number of hydrogen-bond acceptors (Lipinski definition) is 4. The van der Waals surface area contributed by atoms with Gasteiger partial charge in [0.25, 0.3) is 5.56 Å². The Morgan fingerprint density at radius 1 is 1.41 bits per heavy atom. The van der Waals surface area contributed by atoms with Crippen LogP contribution >= 0.6 is 0 Å². The summed E-state index contributed by atoms with van der Waals surface area (Å²) in [6.07, 6.45) is 0. The highest BCUT2D eigenvalue weighted by Gasteiger charge is 2.09. The minimum absolute atomic E-state index is 0.0996. The molecule has 0 spiro atoms. The zero-order chi connectivity index (χ0) is 12.4. The highest BCUT2D eigenvalue weighted by Crippen LogP contribution is 2.17. The van der Waals surface area contributed by atoms with Crippen molar-refractivity contribution in [2.75, 3.05) is 13.6 Å². The van der Waals surface area contributed by atoms with Gasteiger partial charge >= 0.3 is 5.69 Å². The van der Waals surface area contributed by atoms with Crippen molar-refractivity contribution in [3.05, 3.63) is 39.0 Å². The summed E-state index contributed by atoms with van der Waals surface area (Å²) in [5, 5.41) is 12.7. The molecule has 0 fully saturated rings. The Kier molecular flexibility index (Phi) is 2.97. The van der Waals surface area contributed by atoms with Crippen LogP contribution in [0.2, 0.25) is 0 Å². The van der Waals surface area contributed by atoms with Gasteiger partial charge in [-0.2, -0.15) is 0 Å². The first-order chi connectivity index (χ1) is 8.15. The van der Waals surface area contributed by atoms with Crippen LogP contribution in [0.4, 0.5) is 0 Å². The van der Waals surface area contributed by atoms with E-state index in [1.165, 1.54) is 6.07 Å². The summed E-state index contributed by atoms with van der Waals surface area (Å²) in [5.41, 5.74) is -0.725. The monoisotopic (exact) mass is 235 g/mol. The number of aromatic amines is 1. The van der Waals surface area contributed by atoms with E-state index >= 15 is 0 Å². The zero-order valence-corrected chi connectivity index (χ0v) is 9.36. The van der Waals surface area contributed by atoms with Crippen LogP contribution in [0.1, 0.15) is 0 Å². The Balaban J connectivity index is 2.73.